The summed E-state index contributed by atoms with van der Waals surface area (Å²) in [6.07, 6.45) is 0.0994. The molecule has 5 heteroatoms. The van der Waals surface area contributed by atoms with Crippen molar-refractivity contribution in [1.29, 1.82) is 0 Å². The Kier molecular flexibility index (Phi) is 6.14. The molecule has 5 nitrogen and oxygen atoms in total. The first-order valence-electron chi connectivity index (χ1n) is 8.60. The predicted octanol–water partition coefficient (Wildman–Crippen LogP) is 4.63. The standard InChI is InChI=1S/C21H25NO4/c1-21(2,3)18-9-5-15(6-10-18)17(14-22(24)25)13-20(23)16-7-11-19(26-4)12-8-16/h5-12,17H,13-14H2,1-4H3. The first-order valence-corrected chi connectivity index (χ1v) is 8.60. The van der Waals surface area contributed by atoms with Gasteiger partial charge in [-0.05, 0) is 40.8 Å². The normalized spacial score (nSPS) is 12.5. The molecule has 2 rings (SSSR count). The van der Waals surface area contributed by atoms with Gasteiger partial charge >= 0.3 is 0 Å². The summed E-state index contributed by atoms with van der Waals surface area (Å²) in [5.41, 5.74) is 2.51. The Labute approximate surface area is 154 Å². The molecule has 0 aliphatic rings. The van der Waals surface area contributed by atoms with Crippen molar-refractivity contribution in [2.24, 2.45) is 0 Å². The number of carbonyl (C=O) groups is 1. The van der Waals surface area contributed by atoms with Crippen LogP contribution < -0.4 is 4.74 Å². The number of hydrogen-bond acceptors (Lipinski definition) is 4. The van der Waals surface area contributed by atoms with Gasteiger partial charge in [0.15, 0.2) is 5.78 Å². The van der Waals surface area contributed by atoms with Crippen LogP contribution in [0.2, 0.25) is 0 Å². The van der Waals surface area contributed by atoms with Gasteiger partial charge in [0.25, 0.3) is 0 Å². The van der Waals surface area contributed by atoms with Crippen LogP contribution in [0.1, 0.15) is 54.6 Å². The molecule has 0 aliphatic heterocycles. The van der Waals surface area contributed by atoms with Crippen molar-refractivity contribution < 1.29 is 14.5 Å². The smallest absolute Gasteiger partial charge is 0.211 e. The monoisotopic (exact) mass is 355 g/mol. The highest BCUT2D eigenvalue weighted by molar-refractivity contribution is 5.96. The third kappa shape index (κ3) is 5.15. The first-order chi connectivity index (χ1) is 12.2. The van der Waals surface area contributed by atoms with Crippen molar-refractivity contribution in [1.82, 2.24) is 0 Å². The summed E-state index contributed by atoms with van der Waals surface area (Å²) in [7, 11) is 1.56. The Balaban J connectivity index is 2.21. The molecule has 1 atom stereocenters. The molecule has 0 amide bonds. The summed E-state index contributed by atoms with van der Waals surface area (Å²) in [4.78, 5) is 23.3. The van der Waals surface area contributed by atoms with Gasteiger partial charge in [-0.15, -0.1) is 0 Å². The highest BCUT2D eigenvalue weighted by Crippen LogP contribution is 2.27. The number of ether oxygens (including phenoxy) is 1. The number of rotatable bonds is 7. The maximum absolute atomic E-state index is 12.6. The van der Waals surface area contributed by atoms with E-state index in [1.54, 1.807) is 31.4 Å². The quantitative estimate of drug-likeness (QED) is 0.413. The van der Waals surface area contributed by atoms with Gasteiger partial charge in [0.2, 0.25) is 6.54 Å². The highest BCUT2D eigenvalue weighted by atomic mass is 16.6. The number of carbonyl (C=O) groups excluding carboxylic acids is 1. The number of nitro groups is 1. The van der Waals surface area contributed by atoms with Crippen LogP contribution in [0.5, 0.6) is 5.75 Å². The van der Waals surface area contributed by atoms with E-state index in [-0.39, 0.29) is 29.1 Å². The summed E-state index contributed by atoms with van der Waals surface area (Å²) in [5, 5.41) is 11.1. The van der Waals surface area contributed by atoms with Crippen LogP contribution in [0, 0.1) is 10.1 Å². The second-order valence-electron chi connectivity index (χ2n) is 7.44. The van der Waals surface area contributed by atoms with Crippen LogP contribution in [0.4, 0.5) is 0 Å². The van der Waals surface area contributed by atoms with Crippen molar-refractivity contribution in [2.75, 3.05) is 13.7 Å². The number of methoxy groups -OCH3 is 1. The van der Waals surface area contributed by atoms with Gasteiger partial charge in [-0.25, -0.2) is 0 Å². The van der Waals surface area contributed by atoms with Gasteiger partial charge < -0.3 is 4.74 Å². The van der Waals surface area contributed by atoms with Crippen LogP contribution in [0.15, 0.2) is 48.5 Å². The summed E-state index contributed by atoms with van der Waals surface area (Å²) in [6, 6.07) is 14.6. The third-order valence-electron chi connectivity index (χ3n) is 4.46. The Morgan fingerprint density at radius 1 is 1.08 bits per heavy atom. The lowest BCUT2D eigenvalue weighted by Gasteiger charge is -2.20. The average Bonchev–Trinajstić information content (AvgIpc) is 2.60. The SMILES string of the molecule is COc1ccc(C(=O)CC(C[N+](=O)[O-])c2ccc(C(C)(C)C)cc2)cc1. The fourth-order valence-corrected chi connectivity index (χ4v) is 2.84. The predicted molar refractivity (Wildman–Crippen MR) is 102 cm³/mol. The van der Waals surface area contributed by atoms with Crippen molar-refractivity contribution in [3.05, 3.63) is 75.3 Å². The molecule has 0 bridgehead atoms. The molecule has 1 unspecified atom stereocenters. The van der Waals surface area contributed by atoms with Gasteiger partial charge in [-0.3, -0.25) is 14.9 Å². The molecule has 0 heterocycles. The molecular formula is C21H25NO4. The first kappa shape index (κ1) is 19.6. The van der Waals surface area contributed by atoms with Gasteiger partial charge in [-0.1, -0.05) is 45.0 Å². The van der Waals surface area contributed by atoms with E-state index >= 15 is 0 Å². The maximum atomic E-state index is 12.6. The van der Waals surface area contributed by atoms with Gasteiger partial charge in [0.05, 0.1) is 13.0 Å². The number of ketones is 1. The van der Waals surface area contributed by atoms with E-state index in [4.69, 9.17) is 4.74 Å². The molecule has 0 spiro atoms. The number of benzene rings is 2. The van der Waals surface area contributed by atoms with Crippen LogP contribution in [-0.2, 0) is 5.41 Å². The Hall–Kier alpha value is -2.69. The second-order valence-corrected chi connectivity index (χ2v) is 7.44. The minimum atomic E-state index is -0.450. The lowest BCUT2D eigenvalue weighted by atomic mass is 9.84. The fraction of sp³-hybridized carbons (Fsp3) is 0.381. The molecule has 138 valence electrons. The summed E-state index contributed by atoms with van der Waals surface area (Å²) in [6.45, 7) is 6.08. The van der Waals surface area contributed by atoms with Crippen LogP contribution in [0.3, 0.4) is 0 Å². The molecule has 2 aromatic carbocycles. The van der Waals surface area contributed by atoms with Crippen molar-refractivity contribution in [3.8, 4) is 5.75 Å². The topological polar surface area (TPSA) is 69.4 Å². The average molecular weight is 355 g/mol. The largest absolute Gasteiger partial charge is 0.497 e. The second kappa shape index (κ2) is 8.13. The zero-order chi connectivity index (χ0) is 19.3. The van der Waals surface area contributed by atoms with Crippen molar-refractivity contribution >= 4 is 5.78 Å². The number of hydrogen-bond donors (Lipinski definition) is 0. The third-order valence-corrected chi connectivity index (χ3v) is 4.46. The Bertz CT molecular complexity index is 758. The zero-order valence-electron chi connectivity index (χ0n) is 15.7. The van der Waals surface area contributed by atoms with Crippen LogP contribution >= 0.6 is 0 Å². The number of Topliss-reactive ketones (excluding diaryl/α,β-unsaturated/α-hetero) is 1. The summed E-state index contributed by atoms with van der Waals surface area (Å²) >= 11 is 0. The summed E-state index contributed by atoms with van der Waals surface area (Å²) in [5.74, 6) is 0.106. The number of nitrogens with zero attached hydrogens (tertiary/aromatic N) is 1. The van der Waals surface area contributed by atoms with Crippen LogP contribution in [-0.4, -0.2) is 24.4 Å². The van der Waals surface area contributed by atoms with Gasteiger partial charge in [-0.2, -0.15) is 0 Å². The molecule has 0 fully saturated rings. The molecule has 0 aromatic heterocycles. The van der Waals surface area contributed by atoms with E-state index in [0.29, 0.717) is 11.3 Å². The lowest BCUT2D eigenvalue weighted by molar-refractivity contribution is -0.483. The van der Waals surface area contributed by atoms with E-state index in [9.17, 15) is 14.9 Å². The Morgan fingerprint density at radius 2 is 1.65 bits per heavy atom. The molecule has 0 aliphatic carbocycles. The molecule has 0 radical (unpaired) electrons. The summed E-state index contributed by atoms with van der Waals surface area (Å²) < 4.78 is 5.09. The maximum Gasteiger partial charge on any atom is 0.211 e. The molecular weight excluding hydrogens is 330 g/mol. The zero-order valence-corrected chi connectivity index (χ0v) is 15.7. The molecule has 0 saturated carbocycles. The Morgan fingerprint density at radius 3 is 2.12 bits per heavy atom. The van der Waals surface area contributed by atoms with E-state index < -0.39 is 5.92 Å². The van der Waals surface area contributed by atoms with E-state index in [2.05, 4.69) is 20.8 Å². The van der Waals surface area contributed by atoms with Crippen LogP contribution in [0.25, 0.3) is 0 Å². The molecule has 26 heavy (non-hydrogen) atoms. The van der Waals surface area contributed by atoms with Gasteiger partial charge in [0.1, 0.15) is 5.75 Å². The van der Waals surface area contributed by atoms with Crippen molar-refractivity contribution in [3.63, 3.8) is 0 Å². The minimum absolute atomic E-state index is 0.00996. The van der Waals surface area contributed by atoms with E-state index in [1.165, 1.54) is 0 Å². The molecule has 0 saturated heterocycles. The van der Waals surface area contributed by atoms with E-state index in [1.807, 2.05) is 24.3 Å². The van der Waals surface area contributed by atoms with E-state index in [0.717, 1.165) is 11.1 Å². The molecule has 0 N–H and O–H groups in total. The minimum Gasteiger partial charge on any atom is -0.497 e. The highest BCUT2D eigenvalue weighted by Gasteiger charge is 2.23. The fourth-order valence-electron chi connectivity index (χ4n) is 2.84. The van der Waals surface area contributed by atoms with Gasteiger partial charge in [0, 0.05) is 16.9 Å². The lowest BCUT2D eigenvalue weighted by Crippen LogP contribution is -2.17. The van der Waals surface area contributed by atoms with Crippen molar-refractivity contribution in [2.45, 2.75) is 38.5 Å². The molecule has 2 aromatic rings.